The topological polar surface area (TPSA) is 181 Å². The molecule has 0 spiro atoms. The van der Waals surface area contributed by atoms with Crippen molar-refractivity contribution in [2.24, 2.45) is 10.8 Å². The predicted molar refractivity (Wildman–Crippen MR) is 287 cm³/mol. The number of carbonyl (C=O) groups excluding carboxylic acids is 7. The average Bonchev–Trinajstić information content (AvgIpc) is 3.35. The number of carbonyl (C=O) groups is 7. The zero-order valence-corrected chi connectivity index (χ0v) is 47.5. The van der Waals surface area contributed by atoms with E-state index in [2.05, 4.69) is 27.7 Å². The molecule has 72 heavy (non-hydrogen) atoms. The molecule has 16 heteroatoms. The van der Waals surface area contributed by atoms with Crippen molar-refractivity contribution in [3.05, 3.63) is 0 Å². The second kappa shape index (κ2) is 45.0. The zero-order chi connectivity index (χ0) is 53.7. The average molecular weight is 1040 g/mol. The fourth-order valence-corrected chi connectivity index (χ4v) is 8.27. The number of nitrogens with zero attached hydrogens (tertiary/aromatic N) is 2. The third kappa shape index (κ3) is 41.0. The van der Waals surface area contributed by atoms with Gasteiger partial charge in [-0.2, -0.15) is 0 Å². The zero-order valence-electron chi connectivity index (χ0n) is 46.7. The first-order chi connectivity index (χ1) is 34.5. The number of hydrogen-bond acceptors (Lipinski definition) is 15. The molecule has 0 aromatic rings. The van der Waals surface area contributed by atoms with Gasteiger partial charge in [0, 0.05) is 57.4 Å². The number of unbranched alkanes of at least 4 members (excludes halogenated alkanes) is 16. The Morgan fingerprint density at radius 3 is 0.847 bits per heavy atom. The van der Waals surface area contributed by atoms with E-state index in [1.165, 1.54) is 11.8 Å². The maximum Gasteiger partial charge on any atom is 0.305 e. The van der Waals surface area contributed by atoms with Crippen LogP contribution in [0, 0.1) is 10.8 Å². The number of ether oxygens (including phenoxy) is 6. The predicted octanol–water partition coefficient (Wildman–Crippen LogP) is 12.4. The third-order valence-electron chi connectivity index (χ3n) is 12.3. The van der Waals surface area contributed by atoms with Gasteiger partial charge in [-0.25, -0.2) is 0 Å². The molecule has 0 aromatic carbocycles. The molecule has 15 nitrogen and oxygen atoms in total. The maximum absolute atomic E-state index is 13.5. The van der Waals surface area contributed by atoms with Gasteiger partial charge < -0.3 is 38.2 Å². The molecule has 0 saturated heterocycles. The summed E-state index contributed by atoms with van der Waals surface area (Å²) in [6.45, 7) is 12.8. The van der Waals surface area contributed by atoms with Crippen LogP contribution in [0.5, 0.6) is 0 Å². The molecule has 0 unspecified atom stereocenters. The van der Waals surface area contributed by atoms with E-state index in [0.29, 0.717) is 18.6 Å². The van der Waals surface area contributed by atoms with E-state index in [1.54, 1.807) is 18.7 Å². The molecule has 0 rings (SSSR count). The highest BCUT2D eigenvalue weighted by atomic mass is 32.2. The molecule has 0 fully saturated rings. The van der Waals surface area contributed by atoms with E-state index >= 15 is 0 Å². The minimum Gasteiger partial charge on any atom is -0.465 e. The summed E-state index contributed by atoms with van der Waals surface area (Å²) in [6.07, 6.45) is 22.4. The van der Waals surface area contributed by atoms with Gasteiger partial charge in [0.05, 0.1) is 10.8 Å². The summed E-state index contributed by atoms with van der Waals surface area (Å²) < 4.78 is 33.9. The molecule has 0 aliphatic heterocycles. The summed E-state index contributed by atoms with van der Waals surface area (Å²) in [6, 6.07) is 0. The third-order valence-corrected chi connectivity index (χ3v) is 13.3. The summed E-state index contributed by atoms with van der Waals surface area (Å²) in [5.74, 6) is -1.77. The van der Waals surface area contributed by atoms with Crippen LogP contribution < -0.4 is 0 Å². The van der Waals surface area contributed by atoms with Crippen LogP contribution in [0.2, 0.25) is 0 Å². The lowest BCUT2D eigenvalue weighted by molar-refractivity contribution is -0.163. The standard InChI is InChI=1S/C56H102N2O13S/c1-9-13-17-21-25-32-48(59)66-42-55(5,43-67-49(60)33-26-22-18-14-10-2)46-70-52(63)36-29-39-58(54(65)72-41-31-38-57(7)8)40-30-37-53(64)71-47-56(6,44-68-50(61)34-27-23-19-15-11-3)45-69-51(62)35-28-24-20-16-12-4/h9-47H2,1-8H3. The van der Waals surface area contributed by atoms with E-state index < -0.39 is 22.8 Å². The SMILES string of the molecule is CCCCCCCC(=O)OCC(C)(COC(=O)CCCCCCC)COC(=O)CCCN(CCCC(=O)OCC(C)(COC(=O)CCCCCCC)COC(=O)CCCCCCC)C(=O)SCCCN(C)C. The van der Waals surface area contributed by atoms with E-state index in [1.807, 2.05) is 19.0 Å². The van der Waals surface area contributed by atoms with Crippen molar-refractivity contribution < 1.29 is 62.0 Å². The van der Waals surface area contributed by atoms with E-state index in [4.69, 9.17) is 28.4 Å². The Balaban J connectivity index is 5.58. The molecule has 0 N–H and O–H groups in total. The Hall–Kier alpha value is -3.40. The first-order valence-electron chi connectivity index (χ1n) is 28.0. The molecule has 0 bridgehead atoms. The Morgan fingerprint density at radius 1 is 0.347 bits per heavy atom. The van der Waals surface area contributed by atoms with Crippen LogP contribution in [0.1, 0.15) is 228 Å². The van der Waals surface area contributed by atoms with Gasteiger partial charge in [0.1, 0.15) is 39.6 Å². The number of thioether (sulfide) groups is 1. The highest BCUT2D eigenvalue weighted by molar-refractivity contribution is 8.13. The van der Waals surface area contributed by atoms with Crippen LogP contribution in [-0.2, 0) is 57.2 Å². The molecule has 0 aromatic heterocycles. The summed E-state index contributed by atoms with van der Waals surface area (Å²) in [5, 5.41) is -0.158. The van der Waals surface area contributed by atoms with Gasteiger partial charge in [-0.1, -0.05) is 142 Å². The van der Waals surface area contributed by atoms with Crippen molar-refractivity contribution in [2.45, 2.75) is 228 Å². The Kier molecular flexibility index (Phi) is 42.9. The fourth-order valence-electron chi connectivity index (χ4n) is 7.46. The first-order valence-corrected chi connectivity index (χ1v) is 29.0. The number of esters is 6. The first kappa shape index (κ1) is 68.6. The lowest BCUT2D eigenvalue weighted by atomic mass is 9.94. The minimum absolute atomic E-state index is 0.00768. The summed E-state index contributed by atoms with van der Waals surface area (Å²) >= 11 is 1.20. The normalized spacial score (nSPS) is 11.6. The van der Waals surface area contributed by atoms with Gasteiger partial charge in [0.2, 0.25) is 0 Å². The Labute approximate surface area is 440 Å². The Morgan fingerprint density at radius 2 is 0.597 bits per heavy atom. The maximum atomic E-state index is 13.5. The fraction of sp³-hybridized carbons (Fsp3) is 0.875. The summed E-state index contributed by atoms with van der Waals surface area (Å²) in [5.41, 5.74) is -1.92. The highest BCUT2D eigenvalue weighted by Crippen LogP contribution is 2.23. The second-order valence-corrected chi connectivity index (χ2v) is 21.8. The van der Waals surface area contributed by atoms with Crippen molar-refractivity contribution >= 4 is 52.8 Å². The van der Waals surface area contributed by atoms with Gasteiger partial charge in [-0.15, -0.1) is 0 Å². The monoisotopic (exact) mass is 1040 g/mol. The minimum atomic E-state index is -0.960. The molecule has 0 aliphatic carbocycles. The van der Waals surface area contributed by atoms with Crippen molar-refractivity contribution in [1.82, 2.24) is 9.80 Å². The molecular formula is C56H102N2O13S. The molecule has 0 heterocycles. The largest absolute Gasteiger partial charge is 0.465 e. The highest BCUT2D eigenvalue weighted by Gasteiger charge is 2.32. The van der Waals surface area contributed by atoms with Crippen molar-refractivity contribution in [2.75, 3.05) is 79.1 Å². The molecule has 0 radical (unpaired) electrons. The lowest BCUT2D eigenvalue weighted by Crippen LogP contribution is -2.37. The molecule has 0 aliphatic rings. The molecule has 0 saturated carbocycles. The van der Waals surface area contributed by atoms with Crippen LogP contribution >= 0.6 is 11.8 Å². The van der Waals surface area contributed by atoms with Gasteiger partial charge in [-0.05, 0) is 79.4 Å². The number of amides is 1. The van der Waals surface area contributed by atoms with Gasteiger partial charge in [-0.3, -0.25) is 33.6 Å². The van der Waals surface area contributed by atoms with E-state index in [-0.39, 0.29) is 120 Å². The number of hydrogen-bond donors (Lipinski definition) is 0. The van der Waals surface area contributed by atoms with Crippen LogP contribution in [-0.4, -0.2) is 130 Å². The van der Waals surface area contributed by atoms with Crippen LogP contribution in [0.15, 0.2) is 0 Å². The summed E-state index contributed by atoms with van der Waals surface area (Å²) in [4.78, 5) is 94.1. The van der Waals surface area contributed by atoms with Crippen LogP contribution in [0.4, 0.5) is 4.79 Å². The van der Waals surface area contributed by atoms with E-state index in [9.17, 15) is 33.6 Å². The smallest absolute Gasteiger partial charge is 0.305 e. The van der Waals surface area contributed by atoms with Crippen molar-refractivity contribution in [1.29, 1.82) is 0 Å². The van der Waals surface area contributed by atoms with Crippen LogP contribution in [0.3, 0.4) is 0 Å². The quantitative estimate of drug-likeness (QED) is 0.0319. The van der Waals surface area contributed by atoms with Gasteiger partial charge in [0.15, 0.2) is 0 Å². The second-order valence-electron chi connectivity index (χ2n) is 20.7. The molecular weight excluding hydrogens is 941 g/mol. The molecule has 0 atom stereocenters. The van der Waals surface area contributed by atoms with E-state index in [0.717, 1.165) is 141 Å². The van der Waals surface area contributed by atoms with Crippen molar-refractivity contribution in [3.8, 4) is 0 Å². The van der Waals surface area contributed by atoms with Crippen LogP contribution in [0.25, 0.3) is 0 Å². The molecule has 1 amide bonds. The summed E-state index contributed by atoms with van der Waals surface area (Å²) in [7, 11) is 3.94. The van der Waals surface area contributed by atoms with Crippen molar-refractivity contribution in [3.63, 3.8) is 0 Å². The molecule has 420 valence electrons. The van der Waals surface area contributed by atoms with Gasteiger partial charge in [0.25, 0.3) is 5.24 Å². The lowest BCUT2D eigenvalue weighted by Gasteiger charge is -2.28. The Bertz CT molecular complexity index is 1310. The van der Waals surface area contributed by atoms with Gasteiger partial charge >= 0.3 is 35.8 Å². The number of rotatable bonds is 48.